The Labute approximate surface area is 171 Å². The average Bonchev–Trinajstić information content (AvgIpc) is 3.50. The third-order valence-corrected chi connectivity index (χ3v) is 7.20. The van der Waals surface area contributed by atoms with Gasteiger partial charge in [-0.15, -0.1) is 0 Å². The number of ether oxygens (including phenoxy) is 1. The number of benzene rings is 1. The monoisotopic (exact) mass is 395 g/mol. The first kappa shape index (κ1) is 18.8. The van der Waals surface area contributed by atoms with Gasteiger partial charge in [0, 0.05) is 43.7 Å². The van der Waals surface area contributed by atoms with E-state index in [2.05, 4.69) is 10.1 Å². The van der Waals surface area contributed by atoms with E-state index in [-0.39, 0.29) is 11.3 Å². The molecule has 5 rings (SSSR count). The third-order valence-electron chi connectivity index (χ3n) is 7.20. The quantitative estimate of drug-likeness (QED) is 0.781. The van der Waals surface area contributed by atoms with Crippen molar-refractivity contribution in [1.29, 1.82) is 0 Å². The molecule has 0 N–H and O–H groups in total. The van der Waals surface area contributed by atoms with Gasteiger partial charge in [0.25, 0.3) is 0 Å². The van der Waals surface area contributed by atoms with Crippen molar-refractivity contribution in [1.82, 2.24) is 15.0 Å². The van der Waals surface area contributed by atoms with Crippen LogP contribution in [0.2, 0.25) is 0 Å². The summed E-state index contributed by atoms with van der Waals surface area (Å²) in [5.41, 5.74) is 0.944. The van der Waals surface area contributed by atoms with Crippen LogP contribution in [0.4, 0.5) is 0 Å². The first-order chi connectivity index (χ1) is 14.2. The number of likely N-dealkylation sites (tertiary alicyclic amines) is 1. The van der Waals surface area contributed by atoms with Gasteiger partial charge < -0.3 is 14.2 Å². The number of amides is 1. The van der Waals surface area contributed by atoms with Gasteiger partial charge in [-0.1, -0.05) is 48.3 Å². The molecule has 1 spiro atoms. The highest BCUT2D eigenvalue weighted by Gasteiger charge is 2.51. The zero-order chi connectivity index (χ0) is 19.7. The molecule has 1 unspecified atom stereocenters. The van der Waals surface area contributed by atoms with Crippen LogP contribution in [0.15, 0.2) is 34.9 Å². The van der Waals surface area contributed by atoms with Gasteiger partial charge in [-0.3, -0.25) is 4.79 Å². The van der Waals surface area contributed by atoms with Gasteiger partial charge >= 0.3 is 0 Å². The van der Waals surface area contributed by atoms with Crippen LogP contribution in [0.5, 0.6) is 0 Å². The molecule has 1 atom stereocenters. The standard InChI is InChI=1S/C23H29N3O3/c27-20(14-17-6-4-5-7-17)26-15-19(23(16-26)10-12-28-13-11-23)22-24-21(25-29-22)18-8-2-1-3-9-18/h1-3,8-9,17,19H,4-7,10-16H2. The lowest BCUT2D eigenvalue weighted by atomic mass is 9.72. The van der Waals surface area contributed by atoms with E-state index >= 15 is 0 Å². The molecule has 1 amide bonds. The maximum absolute atomic E-state index is 13.1. The van der Waals surface area contributed by atoms with Gasteiger partial charge in [0.15, 0.2) is 0 Å². The Morgan fingerprint density at radius 3 is 2.66 bits per heavy atom. The fraction of sp³-hybridized carbons (Fsp3) is 0.609. The summed E-state index contributed by atoms with van der Waals surface area (Å²) >= 11 is 0. The van der Waals surface area contributed by atoms with Crippen molar-refractivity contribution in [3.8, 4) is 11.4 Å². The number of carbonyl (C=O) groups excluding carboxylic acids is 1. The molecule has 0 bridgehead atoms. The van der Waals surface area contributed by atoms with Crippen molar-refractivity contribution in [3.63, 3.8) is 0 Å². The first-order valence-electron chi connectivity index (χ1n) is 11.0. The highest BCUT2D eigenvalue weighted by atomic mass is 16.5. The average molecular weight is 396 g/mol. The van der Waals surface area contributed by atoms with Crippen LogP contribution in [-0.2, 0) is 9.53 Å². The zero-order valence-electron chi connectivity index (χ0n) is 16.9. The van der Waals surface area contributed by atoms with E-state index in [4.69, 9.17) is 14.2 Å². The lowest BCUT2D eigenvalue weighted by Gasteiger charge is -2.36. The summed E-state index contributed by atoms with van der Waals surface area (Å²) < 4.78 is 11.4. The second-order valence-corrected chi connectivity index (χ2v) is 8.98. The third kappa shape index (κ3) is 3.70. The zero-order valence-corrected chi connectivity index (χ0v) is 16.9. The number of carbonyl (C=O) groups is 1. The molecule has 6 nitrogen and oxygen atoms in total. The molecule has 1 saturated carbocycles. The molecule has 3 aliphatic rings. The Kier molecular flexibility index (Phi) is 5.12. The van der Waals surface area contributed by atoms with Crippen molar-refractivity contribution >= 4 is 5.91 Å². The van der Waals surface area contributed by atoms with E-state index in [9.17, 15) is 4.79 Å². The van der Waals surface area contributed by atoms with E-state index in [0.29, 0.717) is 36.5 Å². The molecular formula is C23H29N3O3. The topological polar surface area (TPSA) is 68.5 Å². The maximum atomic E-state index is 13.1. The maximum Gasteiger partial charge on any atom is 0.232 e. The van der Waals surface area contributed by atoms with Gasteiger partial charge in [0.1, 0.15) is 0 Å². The summed E-state index contributed by atoms with van der Waals surface area (Å²) in [7, 11) is 0. The number of nitrogens with zero attached hydrogens (tertiary/aromatic N) is 3. The van der Waals surface area contributed by atoms with Gasteiger partial charge in [-0.25, -0.2) is 0 Å². The molecule has 1 aromatic heterocycles. The molecule has 3 heterocycles. The second-order valence-electron chi connectivity index (χ2n) is 8.98. The smallest absolute Gasteiger partial charge is 0.232 e. The van der Waals surface area contributed by atoms with Crippen LogP contribution in [0.3, 0.4) is 0 Å². The van der Waals surface area contributed by atoms with Crippen molar-refractivity contribution < 1.29 is 14.1 Å². The van der Waals surface area contributed by atoms with Crippen molar-refractivity contribution in [2.45, 2.75) is 50.9 Å². The van der Waals surface area contributed by atoms with E-state index in [1.807, 2.05) is 30.3 Å². The normalized spacial score (nSPS) is 24.4. The summed E-state index contributed by atoms with van der Waals surface area (Å²) in [5, 5.41) is 4.24. The Balaban J connectivity index is 1.38. The van der Waals surface area contributed by atoms with Gasteiger partial charge in [0.05, 0.1) is 5.92 Å². The highest BCUT2D eigenvalue weighted by Crippen LogP contribution is 2.49. The second kappa shape index (κ2) is 7.90. The van der Waals surface area contributed by atoms with Crippen LogP contribution in [0.1, 0.15) is 56.8 Å². The lowest BCUT2D eigenvalue weighted by Crippen LogP contribution is -2.37. The Bertz CT molecular complexity index is 838. The van der Waals surface area contributed by atoms with Crippen molar-refractivity contribution in [2.75, 3.05) is 26.3 Å². The molecule has 1 aliphatic carbocycles. The van der Waals surface area contributed by atoms with Gasteiger partial charge in [0.2, 0.25) is 17.6 Å². The molecule has 3 fully saturated rings. The summed E-state index contributed by atoms with van der Waals surface area (Å²) in [6.07, 6.45) is 7.51. The number of hydrogen-bond acceptors (Lipinski definition) is 5. The van der Waals surface area contributed by atoms with Crippen LogP contribution in [0.25, 0.3) is 11.4 Å². The molecule has 154 valence electrons. The predicted octanol–water partition coefficient (Wildman–Crippen LogP) is 4.04. The summed E-state index contributed by atoms with van der Waals surface area (Å²) in [5.74, 6) is 2.25. The molecule has 1 aromatic carbocycles. The van der Waals surface area contributed by atoms with E-state index in [0.717, 1.165) is 38.2 Å². The Hall–Kier alpha value is -2.21. The largest absolute Gasteiger partial charge is 0.381 e. The number of aromatic nitrogens is 2. The van der Waals surface area contributed by atoms with Crippen LogP contribution >= 0.6 is 0 Å². The van der Waals surface area contributed by atoms with Crippen molar-refractivity contribution in [2.24, 2.45) is 11.3 Å². The first-order valence-corrected chi connectivity index (χ1v) is 11.0. The Morgan fingerprint density at radius 1 is 1.14 bits per heavy atom. The molecule has 0 radical (unpaired) electrons. The van der Waals surface area contributed by atoms with Gasteiger partial charge in [-0.2, -0.15) is 4.98 Å². The molecule has 2 aliphatic heterocycles. The Morgan fingerprint density at radius 2 is 1.90 bits per heavy atom. The van der Waals surface area contributed by atoms with E-state index < -0.39 is 0 Å². The lowest BCUT2D eigenvalue weighted by molar-refractivity contribution is -0.131. The molecular weight excluding hydrogens is 366 g/mol. The number of hydrogen-bond donors (Lipinski definition) is 0. The molecule has 6 heteroatoms. The fourth-order valence-corrected chi connectivity index (χ4v) is 5.46. The van der Waals surface area contributed by atoms with E-state index in [1.165, 1.54) is 25.7 Å². The minimum Gasteiger partial charge on any atom is -0.381 e. The fourth-order valence-electron chi connectivity index (χ4n) is 5.46. The molecule has 2 saturated heterocycles. The molecule has 2 aromatic rings. The minimum atomic E-state index is -0.00984. The van der Waals surface area contributed by atoms with Crippen LogP contribution < -0.4 is 0 Å². The highest BCUT2D eigenvalue weighted by molar-refractivity contribution is 5.77. The SMILES string of the molecule is O=C(CC1CCCC1)N1CC(c2nc(-c3ccccc3)no2)C2(CCOCC2)C1. The van der Waals surface area contributed by atoms with Crippen molar-refractivity contribution in [3.05, 3.63) is 36.2 Å². The number of rotatable bonds is 4. The summed E-state index contributed by atoms with van der Waals surface area (Å²) in [4.78, 5) is 19.9. The summed E-state index contributed by atoms with van der Waals surface area (Å²) in [6, 6.07) is 9.91. The van der Waals surface area contributed by atoms with Crippen LogP contribution in [-0.4, -0.2) is 47.3 Å². The summed E-state index contributed by atoms with van der Waals surface area (Å²) in [6.45, 7) is 2.94. The minimum absolute atomic E-state index is 0.00984. The predicted molar refractivity (Wildman–Crippen MR) is 108 cm³/mol. The van der Waals surface area contributed by atoms with Gasteiger partial charge in [-0.05, 0) is 31.6 Å². The van der Waals surface area contributed by atoms with E-state index in [1.54, 1.807) is 0 Å². The van der Waals surface area contributed by atoms with Crippen LogP contribution in [0, 0.1) is 11.3 Å². The molecule has 29 heavy (non-hydrogen) atoms.